The summed E-state index contributed by atoms with van der Waals surface area (Å²) in [7, 11) is 0. The first-order chi connectivity index (χ1) is 12.6. The number of imide groups is 1. The fourth-order valence-corrected chi connectivity index (χ4v) is 3.47. The molecule has 6 nitrogen and oxygen atoms in total. The van der Waals surface area contributed by atoms with Gasteiger partial charge in [-0.15, -0.1) is 0 Å². The number of piperidine rings is 1. The van der Waals surface area contributed by atoms with Crippen LogP contribution in [0.25, 0.3) is 0 Å². The lowest BCUT2D eigenvalue weighted by Gasteiger charge is -2.34. The molecule has 1 N–H and O–H groups in total. The molecule has 6 heteroatoms. The molecule has 0 saturated carbocycles. The number of benzene rings is 2. The Kier molecular flexibility index (Phi) is 4.26. The minimum atomic E-state index is -0.714. The maximum absolute atomic E-state index is 12.9. The minimum absolute atomic E-state index is 0.210. The number of hydrogen-bond donors (Lipinski definition) is 1. The average molecular weight is 350 g/mol. The van der Waals surface area contributed by atoms with Gasteiger partial charge in [0.2, 0.25) is 11.8 Å². The van der Waals surface area contributed by atoms with Crippen LogP contribution in [0.15, 0.2) is 54.6 Å². The monoisotopic (exact) mass is 350 g/mol. The van der Waals surface area contributed by atoms with Gasteiger partial charge in [0.25, 0.3) is 5.91 Å². The number of carbonyl (C=O) groups is 3. The minimum Gasteiger partial charge on any atom is -0.349 e. The summed E-state index contributed by atoms with van der Waals surface area (Å²) in [5, 5.41) is 2.32. The number of nitrogens with zero attached hydrogens (tertiary/aromatic N) is 1. The van der Waals surface area contributed by atoms with Crippen molar-refractivity contribution in [2.75, 3.05) is 0 Å². The summed E-state index contributed by atoms with van der Waals surface area (Å²) >= 11 is 0. The summed E-state index contributed by atoms with van der Waals surface area (Å²) in [4.78, 5) is 38.2. The van der Waals surface area contributed by atoms with Gasteiger partial charge in [0, 0.05) is 17.5 Å². The van der Waals surface area contributed by atoms with Crippen LogP contribution in [0.4, 0.5) is 0 Å². The zero-order chi connectivity index (χ0) is 18.1. The lowest BCUT2D eigenvalue weighted by molar-refractivity contribution is -0.142. The lowest BCUT2D eigenvalue weighted by atomic mass is 10.0. The second-order valence-electron chi connectivity index (χ2n) is 6.42. The summed E-state index contributed by atoms with van der Waals surface area (Å²) in [6.07, 6.45) is -0.139. The van der Waals surface area contributed by atoms with Gasteiger partial charge in [-0.3, -0.25) is 24.6 Å². The molecule has 2 atom stereocenters. The van der Waals surface area contributed by atoms with E-state index in [2.05, 4.69) is 5.32 Å². The highest BCUT2D eigenvalue weighted by Gasteiger charge is 2.45. The van der Waals surface area contributed by atoms with Crippen LogP contribution in [0, 0.1) is 0 Å². The van der Waals surface area contributed by atoms with Gasteiger partial charge in [-0.05, 0) is 18.1 Å². The Morgan fingerprint density at radius 3 is 2.50 bits per heavy atom. The highest BCUT2D eigenvalue weighted by molar-refractivity contribution is 6.05. The summed E-state index contributed by atoms with van der Waals surface area (Å²) in [5.41, 5.74) is 2.26. The number of fused-ring (bicyclic) bond motifs is 1. The smallest absolute Gasteiger partial charge is 0.257 e. The predicted octanol–water partition coefficient (Wildman–Crippen LogP) is 2.16. The first-order valence-electron chi connectivity index (χ1n) is 8.56. The normalized spacial score (nSPS) is 22.3. The first-order valence-corrected chi connectivity index (χ1v) is 8.56. The molecule has 1 fully saturated rings. The molecule has 2 aliphatic heterocycles. The second-order valence-corrected chi connectivity index (χ2v) is 6.42. The van der Waals surface area contributed by atoms with Crippen molar-refractivity contribution in [3.63, 3.8) is 0 Å². The molecule has 2 unspecified atom stereocenters. The molecule has 2 aliphatic rings. The molecule has 3 amide bonds. The van der Waals surface area contributed by atoms with Crippen LogP contribution in [0.2, 0.25) is 0 Å². The van der Waals surface area contributed by atoms with Gasteiger partial charge in [-0.25, -0.2) is 0 Å². The Morgan fingerprint density at radius 1 is 1.00 bits per heavy atom. The van der Waals surface area contributed by atoms with E-state index < -0.39 is 18.2 Å². The van der Waals surface area contributed by atoms with E-state index >= 15 is 0 Å². The molecule has 4 rings (SSSR count). The molecule has 0 radical (unpaired) electrons. The van der Waals surface area contributed by atoms with Crippen molar-refractivity contribution in [3.05, 3.63) is 71.3 Å². The van der Waals surface area contributed by atoms with Crippen molar-refractivity contribution < 1.29 is 19.1 Å². The highest BCUT2D eigenvalue weighted by atomic mass is 16.5. The molecular weight excluding hydrogens is 332 g/mol. The van der Waals surface area contributed by atoms with Gasteiger partial charge in [0.1, 0.15) is 6.04 Å². The van der Waals surface area contributed by atoms with E-state index in [9.17, 15) is 14.4 Å². The third-order valence-electron chi connectivity index (χ3n) is 4.74. The Balaban J connectivity index is 1.64. The summed E-state index contributed by atoms with van der Waals surface area (Å²) < 4.78 is 6.07. The molecule has 132 valence electrons. The molecule has 0 aliphatic carbocycles. The van der Waals surface area contributed by atoms with Gasteiger partial charge in [-0.2, -0.15) is 0 Å². The van der Waals surface area contributed by atoms with Gasteiger partial charge in [0.05, 0.1) is 6.61 Å². The van der Waals surface area contributed by atoms with Gasteiger partial charge >= 0.3 is 0 Å². The highest BCUT2D eigenvalue weighted by Crippen LogP contribution is 2.38. The Hall–Kier alpha value is -2.99. The van der Waals surface area contributed by atoms with Gasteiger partial charge in [-0.1, -0.05) is 48.5 Å². The third-order valence-corrected chi connectivity index (χ3v) is 4.74. The number of nitrogens with one attached hydrogen (secondary N) is 1. The summed E-state index contributed by atoms with van der Waals surface area (Å²) in [6, 6.07) is 16.2. The van der Waals surface area contributed by atoms with E-state index in [0.29, 0.717) is 18.6 Å². The standard InChI is InChI=1S/C20H18N2O4/c23-17-11-10-16(18(24)21-17)22-19(25)14-8-4-5-9-15(14)20(22)26-12-13-6-2-1-3-7-13/h1-9,16,20H,10-12H2,(H,21,23,24). The third kappa shape index (κ3) is 2.88. The van der Waals surface area contributed by atoms with E-state index in [1.807, 2.05) is 42.5 Å². The largest absolute Gasteiger partial charge is 0.349 e. The number of hydrogen-bond acceptors (Lipinski definition) is 4. The number of ether oxygens (including phenoxy) is 1. The zero-order valence-electron chi connectivity index (χ0n) is 14.1. The molecule has 0 spiro atoms. The van der Waals surface area contributed by atoms with E-state index in [0.717, 1.165) is 11.1 Å². The SMILES string of the molecule is O=C1CCC(N2C(=O)c3ccccc3C2OCc2ccccc2)C(=O)N1. The van der Waals surface area contributed by atoms with Gasteiger partial charge < -0.3 is 4.74 Å². The second kappa shape index (κ2) is 6.72. The first kappa shape index (κ1) is 16.5. The molecule has 2 aromatic carbocycles. The van der Waals surface area contributed by atoms with Crippen LogP contribution in [0.3, 0.4) is 0 Å². The lowest BCUT2D eigenvalue weighted by Crippen LogP contribution is -2.53. The predicted molar refractivity (Wildman–Crippen MR) is 92.8 cm³/mol. The topological polar surface area (TPSA) is 75.7 Å². The van der Waals surface area contributed by atoms with Crippen molar-refractivity contribution in [3.8, 4) is 0 Å². The molecule has 26 heavy (non-hydrogen) atoms. The van der Waals surface area contributed by atoms with Crippen molar-refractivity contribution >= 4 is 17.7 Å². The van der Waals surface area contributed by atoms with E-state index in [-0.39, 0.29) is 18.2 Å². The number of amides is 3. The average Bonchev–Trinajstić information content (AvgIpc) is 2.93. The molecule has 2 aromatic rings. The van der Waals surface area contributed by atoms with Crippen LogP contribution < -0.4 is 5.32 Å². The fourth-order valence-electron chi connectivity index (χ4n) is 3.47. The quantitative estimate of drug-likeness (QED) is 0.858. The van der Waals surface area contributed by atoms with Crippen molar-refractivity contribution in [1.29, 1.82) is 0 Å². The van der Waals surface area contributed by atoms with Crippen LogP contribution in [-0.2, 0) is 20.9 Å². The molecule has 0 bridgehead atoms. The molecule has 1 saturated heterocycles. The number of rotatable bonds is 4. The maximum atomic E-state index is 12.9. The zero-order valence-corrected chi connectivity index (χ0v) is 14.1. The molecular formula is C20H18N2O4. The molecule has 2 heterocycles. The van der Waals surface area contributed by atoms with Crippen LogP contribution in [-0.4, -0.2) is 28.7 Å². The van der Waals surface area contributed by atoms with Crippen LogP contribution in [0.1, 0.15) is 40.6 Å². The fraction of sp³-hybridized carbons (Fsp3) is 0.250. The Bertz CT molecular complexity index is 865. The van der Waals surface area contributed by atoms with E-state index in [1.54, 1.807) is 12.1 Å². The maximum Gasteiger partial charge on any atom is 0.257 e. The van der Waals surface area contributed by atoms with E-state index in [1.165, 1.54) is 4.90 Å². The van der Waals surface area contributed by atoms with E-state index in [4.69, 9.17) is 4.74 Å². The van der Waals surface area contributed by atoms with Crippen molar-refractivity contribution in [2.45, 2.75) is 31.7 Å². The van der Waals surface area contributed by atoms with Crippen molar-refractivity contribution in [2.24, 2.45) is 0 Å². The van der Waals surface area contributed by atoms with Crippen LogP contribution >= 0.6 is 0 Å². The summed E-state index contributed by atoms with van der Waals surface area (Å²) in [5.74, 6) is -0.999. The Labute approximate surface area is 150 Å². The van der Waals surface area contributed by atoms with Crippen molar-refractivity contribution in [1.82, 2.24) is 10.2 Å². The van der Waals surface area contributed by atoms with Gasteiger partial charge in [0.15, 0.2) is 6.23 Å². The molecule has 0 aromatic heterocycles. The Morgan fingerprint density at radius 2 is 1.73 bits per heavy atom. The summed E-state index contributed by atoms with van der Waals surface area (Å²) in [6.45, 7) is 0.316. The number of carbonyl (C=O) groups excluding carboxylic acids is 3. The van der Waals surface area contributed by atoms with Crippen LogP contribution in [0.5, 0.6) is 0 Å².